The molecule has 0 unspecified atom stereocenters. The monoisotopic (exact) mass is 398 g/mol. The zero-order chi connectivity index (χ0) is 20.1. The number of nitrogens with zero attached hydrogens (tertiary/aromatic N) is 2. The minimum atomic E-state index is -0.367. The largest absolute Gasteiger partial charge is 0.349 e. The summed E-state index contributed by atoms with van der Waals surface area (Å²) in [6.07, 6.45) is 0.987. The van der Waals surface area contributed by atoms with Crippen molar-refractivity contribution < 1.29 is 9.18 Å². The number of hydrogen-bond acceptors (Lipinski definition) is 4. The topological polar surface area (TPSA) is 70.7 Å². The fourth-order valence-corrected chi connectivity index (χ4v) is 3.44. The molecule has 7 heteroatoms. The van der Waals surface area contributed by atoms with E-state index in [1.54, 1.807) is 12.1 Å². The maximum atomic E-state index is 13.0. The second-order valence-corrected chi connectivity index (χ2v) is 7.87. The Morgan fingerprint density at radius 1 is 1.14 bits per heavy atom. The highest BCUT2D eigenvalue weighted by atomic mass is 32.2. The Balaban J connectivity index is 1.59. The second-order valence-electron chi connectivity index (χ2n) is 6.56. The Bertz CT molecular complexity index is 924. The third-order valence-corrected chi connectivity index (χ3v) is 5.44. The van der Waals surface area contributed by atoms with E-state index in [4.69, 9.17) is 0 Å². The molecule has 0 aliphatic carbocycles. The average Bonchev–Trinajstić information content (AvgIpc) is 3.17. The van der Waals surface area contributed by atoms with Gasteiger partial charge < -0.3 is 5.32 Å². The number of halogens is 1. The van der Waals surface area contributed by atoms with E-state index in [2.05, 4.69) is 39.6 Å². The van der Waals surface area contributed by atoms with Gasteiger partial charge in [0, 0.05) is 5.56 Å². The van der Waals surface area contributed by atoms with E-state index >= 15 is 0 Å². The van der Waals surface area contributed by atoms with Crippen LogP contribution in [0, 0.1) is 5.82 Å². The standard InChI is InChI=1S/C21H23FN4OS/c1-4-15-5-7-17(8-6-15)19-24-21(26-25-19)28-14(3)20(27)23-13(2)16-9-11-18(22)12-10-16/h5-14H,4H2,1-3H3,(H,23,27)(H,24,25,26)/t13-,14-/m0/s1. The van der Waals surface area contributed by atoms with Crippen LogP contribution >= 0.6 is 11.8 Å². The van der Waals surface area contributed by atoms with E-state index in [-0.39, 0.29) is 23.0 Å². The van der Waals surface area contributed by atoms with Gasteiger partial charge in [0.05, 0.1) is 11.3 Å². The minimum absolute atomic E-state index is 0.125. The molecule has 0 spiro atoms. The molecule has 1 aromatic heterocycles. The molecule has 2 aromatic carbocycles. The maximum absolute atomic E-state index is 13.0. The first kappa shape index (κ1) is 20.1. The van der Waals surface area contributed by atoms with Crippen LogP contribution in [-0.2, 0) is 11.2 Å². The molecule has 3 aromatic rings. The summed E-state index contributed by atoms with van der Waals surface area (Å²) in [6, 6.07) is 14.1. The lowest BCUT2D eigenvalue weighted by Crippen LogP contribution is -2.33. The first-order valence-electron chi connectivity index (χ1n) is 9.20. The number of benzene rings is 2. The van der Waals surface area contributed by atoms with Crippen LogP contribution in [0.3, 0.4) is 0 Å². The number of nitrogens with one attached hydrogen (secondary N) is 2. The average molecular weight is 399 g/mol. The lowest BCUT2D eigenvalue weighted by atomic mass is 10.1. The number of thioether (sulfide) groups is 1. The molecule has 0 aliphatic rings. The van der Waals surface area contributed by atoms with Gasteiger partial charge in [-0.05, 0) is 43.5 Å². The van der Waals surface area contributed by atoms with Crippen LogP contribution in [0.2, 0.25) is 0 Å². The van der Waals surface area contributed by atoms with Crippen LogP contribution in [0.5, 0.6) is 0 Å². The molecule has 0 bridgehead atoms. The molecule has 0 aliphatic heterocycles. The van der Waals surface area contributed by atoms with Crippen LogP contribution in [0.25, 0.3) is 11.4 Å². The summed E-state index contributed by atoms with van der Waals surface area (Å²) in [6.45, 7) is 5.79. The zero-order valence-electron chi connectivity index (χ0n) is 16.1. The Morgan fingerprint density at radius 3 is 2.46 bits per heavy atom. The van der Waals surface area contributed by atoms with E-state index in [0.29, 0.717) is 11.0 Å². The number of aryl methyl sites for hydroxylation is 1. The number of rotatable bonds is 7. The molecule has 0 radical (unpaired) electrons. The summed E-state index contributed by atoms with van der Waals surface area (Å²) in [5.74, 6) is 0.258. The summed E-state index contributed by atoms with van der Waals surface area (Å²) in [5.41, 5.74) is 3.07. The van der Waals surface area contributed by atoms with Crippen molar-refractivity contribution in [3.05, 3.63) is 65.5 Å². The Kier molecular flexibility index (Phi) is 6.46. The van der Waals surface area contributed by atoms with Gasteiger partial charge in [-0.1, -0.05) is 55.1 Å². The van der Waals surface area contributed by atoms with Crippen molar-refractivity contribution >= 4 is 17.7 Å². The van der Waals surface area contributed by atoms with E-state index in [1.165, 1.54) is 29.5 Å². The summed E-state index contributed by atoms with van der Waals surface area (Å²) in [4.78, 5) is 17.0. The predicted octanol–water partition coefficient (Wildman–Crippen LogP) is 4.53. The first-order valence-corrected chi connectivity index (χ1v) is 10.1. The molecule has 2 atom stereocenters. The quantitative estimate of drug-likeness (QED) is 0.574. The molecule has 0 saturated carbocycles. The Hall–Kier alpha value is -2.67. The van der Waals surface area contributed by atoms with Crippen molar-refractivity contribution in [1.82, 2.24) is 20.5 Å². The van der Waals surface area contributed by atoms with Gasteiger partial charge in [-0.3, -0.25) is 9.89 Å². The molecule has 3 rings (SSSR count). The van der Waals surface area contributed by atoms with Crippen molar-refractivity contribution in [2.75, 3.05) is 0 Å². The van der Waals surface area contributed by atoms with Crippen LogP contribution < -0.4 is 5.32 Å². The van der Waals surface area contributed by atoms with E-state index in [9.17, 15) is 9.18 Å². The SMILES string of the molecule is CCc1ccc(-c2nc(S[C@@H](C)C(=O)N[C@@H](C)c3ccc(F)cc3)n[nH]2)cc1. The third-order valence-electron chi connectivity index (χ3n) is 4.48. The summed E-state index contributed by atoms with van der Waals surface area (Å²) < 4.78 is 13.0. The molecule has 1 amide bonds. The Labute approximate surface area is 168 Å². The fraction of sp³-hybridized carbons (Fsp3) is 0.286. The van der Waals surface area contributed by atoms with Crippen LogP contribution in [0.4, 0.5) is 4.39 Å². The summed E-state index contributed by atoms with van der Waals surface area (Å²) in [7, 11) is 0. The number of aromatic amines is 1. The molecule has 1 heterocycles. The van der Waals surface area contributed by atoms with Crippen molar-refractivity contribution in [3.8, 4) is 11.4 Å². The van der Waals surface area contributed by atoms with Crippen LogP contribution in [-0.4, -0.2) is 26.3 Å². The van der Waals surface area contributed by atoms with Crippen LogP contribution in [0.15, 0.2) is 53.7 Å². The maximum Gasteiger partial charge on any atom is 0.233 e. The minimum Gasteiger partial charge on any atom is -0.349 e. The molecule has 5 nitrogen and oxygen atoms in total. The molecular weight excluding hydrogens is 375 g/mol. The highest BCUT2D eigenvalue weighted by molar-refractivity contribution is 8.00. The van der Waals surface area contributed by atoms with Crippen molar-refractivity contribution in [1.29, 1.82) is 0 Å². The van der Waals surface area contributed by atoms with E-state index in [0.717, 1.165) is 17.5 Å². The van der Waals surface area contributed by atoms with Crippen LogP contribution in [0.1, 0.15) is 37.9 Å². The van der Waals surface area contributed by atoms with Gasteiger partial charge in [-0.2, -0.15) is 0 Å². The fourth-order valence-electron chi connectivity index (χ4n) is 2.70. The number of hydrogen-bond donors (Lipinski definition) is 2. The number of H-pyrrole nitrogens is 1. The van der Waals surface area contributed by atoms with Crippen molar-refractivity contribution in [3.63, 3.8) is 0 Å². The van der Waals surface area contributed by atoms with E-state index < -0.39 is 0 Å². The second kappa shape index (κ2) is 9.01. The molecule has 0 saturated heterocycles. The number of carbonyl (C=O) groups excluding carboxylic acids is 1. The molecule has 0 fully saturated rings. The third kappa shape index (κ3) is 4.98. The highest BCUT2D eigenvalue weighted by Gasteiger charge is 2.19. The van der Waals surface area contributed by atoms with Gasteiger partial charge in [0.25, 0.3) is 0 Å². The van der Waals surface area contributed by atoms with Gasteiger partial charge in [0.1, 0.15) is 5.82 Å². The number of amides is 1. The van der Waals surface area contributed by atoms with Gasteiger partial charge >= 0.3 is 0 Å². The lowest BCUT2D eigenvalue weighted by molar-refractivity contribution is -0.120. The van der Waals surface area contributed by atoms with Gasteiger partial charge in [-0.15, -0.1) is 5.10 Å². The van der Waals surface area contributed by atoms with E-state index in [1.807, 2.05) is 26.0 Å². The number of carbonyl (C=O) groups is 1. The van der Waals surface area contributed by atoms with Gasteiger partial charge in [-0.25, -0.2) is 9.37 Å². The summed E-state index contributed by atoms with van der Waals surface area (Å²) >= 11 is 1.29. The van der Waals surface area contributed by atoms with Crippen molar-refractivity contribution in [2.24, 2.45) is 0 Å². The summed E-state index contributed by atoms with van der Waals surface area (Å²) in [5, 5.41) is 10.2. The lowest BCUT2D eigenvalue weighted by Gasteiger charge is -2.17. The predicted molar refractivity (Wildman–Crippen MR) is 109 cm³/mol. The highest BCUT2D eigenvalue weighted by Crippen LogP contribution is 2.24. The molecule has 2 N–H and O–H groups in total. The smallest absolute Gasteiger partial charge is 0.233 e. The Morgan fingerprint density at radius 2 is 1.82 bits per heavy atom. The normalized spacial score (nSPS) is 13.1. The molecule has 28 heavy (non-hydrogen) atoms. The molecule has 146 valence electrons. The van der Waals surface area contributed by atoms with Crippen molar-refractivity contribution in [2.45, 2.75) is 43.6 Å². The van der Waals surface area contributed by atoms with Gasteiger partial charge in [0.2, 0.25) is 11.1 Å². The van der Waals surface area contributed by atoms with Gasteiger partial charge in [0.15, 0.2) is 5.82 Å². The molecular formula is C21H23FN4OS. The number of aromatic nitrogens is 3. The zero-order valence-corrected chi connectivity index (χ0v) is 16.9. The first-order chi connectivity index (χ1) is 13.5.